The Morgan fingerprint density at radius 3 is 2.31 bits per heavy atom. The predicted octanol–water partition coefficient (Wildman–Crippen LogP) is 4.39. The molecular weight excluding hydrogens is 466 g/mol. The van der Waals surface area contributed by atoms with E-state index in [1.54, 1.807) is 44.4 Å². The fourth-order valence-electron chi connectivity index (χ4n) is 3.94. The van der Waals surface area contributed by atoms with Crippen LogP contribution in [0.15, 0.2) is 45.5 Å². The second kappa shape index (κ2) is 9.27. The molecule has 1 saturated carbocycles. The van der Waals surface area contributed by atoms with Crippen molar-refractivity contribution in [3.63, 3.8) is 0 Å². The lowest BCUT2D eigenvalue weighted by Crippen LogP contribution is -2.39. The highest BCUT2D eigenvalue weighted by Crippen LogP contribution is 2.32. The molecule has 176 valence electrons. The normalized spacial score (nSPS) is 20.1. The number of benzene rings is 1. The first-order valence-electron chi connectivity index (χ1n) is 10.7. The number of amides is 1. The molecule has 0 radical (unpaired) electrons. The second-order valence-electron chi connectivity index (χ2n) is 9.52. The number of rotatable bonds is 6. The van der Waals surface area contributed by atoms with Crippen LogP contribution in [0.5, 0.6) is 0 Å². The summed E-state index contributed by atoms with van der Waals surface area (Å²) in [6.45, 7) is 6.73. The average Bonchev–Trinajstić information content (AvgIpc) is 3.19. The first-order valence-corrected chi connectivity index (χ1v) is 14.8. The van der Waals surface area contributed by atoms with Crippen molar-refractivity contribution >= 4 is 36.9 Å². The molecule has 1 heterocycles. The maximum atomic E-state index is 12.8. The van der Waals surface area contributed by atoms with E-state index in [2.05, 4.69) is 5.32 Å². The molecule has 1 aromatic heterocycles. The van der Waals surface area contributed by atoms with E-state index in [-0.39, 0.29) is 33.4 Å². The minimum Gasteiger partial charge on any atom is -0.349 e. The van der Waals surface area contributed by atoms with Gasteiger partial charge in [-0.2, -0.15) is 0 Å². The van der Waals surface area contributed by atoms with E-state index in [4.69, 9.17) is 0 Å². The summed E-state index contributed by atoms with van der Waals surface area (Å²) >= 11 is 1.13. The summed E-state index contributed by atoms with van der Waals surface area (Å²) in [6.07, 6.45) is 2.75. The van der Waals surface area contributed by atoms with Crippen LogP contribution in [0.4, 0.5) is 0 Å². The van der Waals surface area contributed by atoms with Gasteiger partial charge in [-0.3, -0.25) is 4.79 Å². The Kier molecular flexibility index (Phi) is 7.22. The molecule has 1 aliphatic carbocycles. The summed E-state index contributed by atoms with van der Waals surface area (Å²) in [7, 11) is -6.97. The van der Waals surface area contributed by atoms with Crippen LogP contribution in [0.3, 0.4) is 0 Å². The lowest BCUT2D eigenvalue weighted by atomic mass is 9.87. The zero-order chi connectivity index (χ0) is 23.7. The molecule has 1 N–H and O–H groups in total. The van der Waals surface area contributed by atoms with Crippen LogP contribution < -0.4 is 5.32 Å². The average molecular weight is 498 g/mol. The van der Waals surface area contributed by atoms with E-state index in [9.17, 15) is 21.6 Å². The summed E-state index contributed by atoms with van der Waals surface area (Å²) in [5.74, 6) is -0.221. The summed E-state index contributed by atoms with van der Waals surface area (Å²) < 4.78 is 50.1. The zero-order valence-corrected chi connectivity index (χ0v) is 21.4. The third kappa shape index (κ3) is 5.43. The molecule has 1 aliphatic rings. The van der Waals surface area contributed by atoms with Crippen molar-refractivity contribution in [2.45, 2.75) is 74.0 Å². The Bertz CT molecular complexity index is 1180. The maximum Gasteiger partial charge on any atom is 0.262 e. The van der Waals surface area contributed by atoms with Crippen LogP contribution in [0.25, 0.3) is 0 Å². The van der Waals surface area contributed by atoms with Crippen LogP contribution in [0.1, 0.15) is 61.7 Å². The predicted molar refractivity (Wildman–Crippen MR) is 128 cm³/mol. The van der Waals surface area contributed by atoms with Crippen LogP contribution in [0.2, 0.25) is 0 Å². The van der Waals surface area contributed by atoms with Crippen molar-refractivity contribution in [1.29, 1.82) is 0 Å². The van der Waals surface area contributed by atoms with E-state index in [0.717, 1.165) is 16.9 Å². The fourth-order valence-corrected chi connectivity index (χ4v) is 8.24. The van der Waals surface area contributed by atoms with Crippen LogP contribution in [-0.4, -0.2) is 39.3 Å². The van der Waals surface area contributed by atoms with Gasteiger partial charge >= 0.3 is 0 Å². The molecule has 1 aromatic carbocycles. The fraction of sp³-hybridized carbons (Fsp3) is 0.522. The minimum absolute atomic E-state index is 0.0484. The Balaban J connectivity index is 1.61. The Hall–Kier alpha value is -1.71. The summed E-state index contributed by atoms with van der Waals surface area (Å²) in [6, 6.07) is 8.37. The van der Waals surface area contributed by atoms with E-state index < -0.39 is 24.4 Å². The van der Waals surface area contributed by atoms with Gasteiger partial charge in [-0.25, -0.2) is 16.8 Å². The van der Waals surface area contributed by atoms with Crippen molar-refractivity contribution in [2.75, 3.05) is 5.75 Å². The van der Waals surface area contributed by atoms with Gasteiger partial charge in [-0.15, -0.1) is 11.3 Å². The van der Waals surface area contributed by atoms with Gasteiger partial charge in [0.1, 0.15) is 4.88 Å². The molecule has 1 amide bonds. The van der Waals surface area contributed by atoms with Gasteiger partial charge in [-0.05, 0) is 88.4 Å². The molecule has 9 heteroatoms. The molecule has 2 aromatic rings. The van der Waals surface area contributed by atoms with Gasteiger partial charge in [-0.1, -0.05) is 12.1 Å². The Morgan fingerprint density at radius 1 is 1.06 bits per heavy atom. The largest absolute Gasteiger partial charge is 0.349 e. The number of carbonyl (C=O) groups is 1. The van der Waals surface area contributed by atoms with E-state index in [1.165, 1.54) is 6.07 Å². The van der Waals surface area contributed by atoms with Crippen molar-refractivity contribution in [3.8, 4) is 0 Å². The smallest absolute Gasteiger partial charge is 0.262 e. The lowest BCUT2D eigenvalue weighted by Gasteiger charge is -2.29. The van der Waals surface area contributed by atoms with Crippen molar-refractivity contribution in [3.05, 3.63) is 46.2 Å². The molecule has 1 fully saturated rings. The van der Waals surface area contributed by atoms with Gasteiger partial charge in [0.15, 0.2) is 19.7 Å². The SMILES string of the molecule is Cc1cccc(S(=O)(=O)CC2CCC(NC(=O)c3sccc3S(=O)(=O)C(C)(C)C)CC2)c1. The van der Waals surface area contributed by atoms with Gasteiger partial charge in [0.25, 0.3) is 5.91 Å². The quantitative estimate of drug-likeness (QED) is 0.638. The third-order valence-electron chi connectivity index (χ3n) is 5.92. The molecular formula is C23H31NO5S3. The van der Waals surface area contributed by atoms with Gasteiger partial charge < -0.3 is 5.32 Å². The Labute approximate surface area is 195 Å². The molecule has 0 saturated heterocycles. The summed E-state index contributed by atoms with van der Waals surface area (Å²) in [5.41, 5.74) is 0.916. The first kappa shape index (κ1) is 24.9. The lowest BCUT2D eigenvalue weighted by molar-refractivity contribution is 0.0924. The topological polar surface area (TPSA) is 97.4 Å². The van der Waals surface area contributed by atoms with E-state index in [1.807, 2.05) is 13.0 Å². The first-order chi connectivity index (χ1) is 14.8. The molecule has 6 nitrogen and oxygen atoms in total. The third-order valence-corrected chi connectivity index (χ3v) is 11.4. The molecule has 0 unspecified atom stereocenters. The van der Waals surface area contributed by atoms with Gasteiger partial charge in [0, 0.05) is 6.04 Å². The molecule has 3 rings (SSSR count). The molecule has 32 heavy (non-hydrogen) atoms. The molecule has 0 spiro atoms. The highest BCUT2D eigenvalue weighted by atomic mass is 32.2. The van der Waals surface area contributed by atoms with Crippen LogP contribution in [0, 0.1) is 12.8 Å². The number of thiophene rings is 1. The summed E-state index contributed by atoms with van der Waals surface area (Å²) in [4.78, 5) is 13.5. The van der Waals surface area contributed by atoms with Crippen LogP contribution in [-0.2, 0) is 19.7 Å². The van der Waals surface area contributed by atoms with Crippen molar-refractivity contribution in [1.82, 2.24) is 5.32 Å². The number of hydrogen-bond acceptors (Lipinski definition) is 6. The van der Waals surface area contributed by atoms with Crippen molar-refractivity contribution in [2.24, 2.45) is 5.92 Å². The Morgan fingerprint density at radius 2 is 1.72 bits per heavy atom. The molecule has 0 atom stereocenters. The highest BCUT2D eigenvalue weighted by molar-refractivity contribution is 7.93. The van der Waals surface area contributed by atoms with Crippen molar-refractivity contribution < 1.29 is 21.6 Å². The number of sulfone groups is 2. The number of carbonyl (C=O) groups excluding carboxylic acids is 1. The number of hydrogen-bond donors (Lipinski definition) is 1. The number of aryl methyl sites for hydroxylation is 1. The van der Waals surface area contributed by atoms with Gasteiger partial charge in [0.2, 0.25) is 0 Å². The standard InChI is InChI=1S/C23H31NO5S3/c1-16-6-5-7-19(14-16)31(26,27)15-17-8-10-18(11-9-17)24-22(25)21-20(12-13-30-21)32(28,29)23(2,3)4/h5-7,12-14,17-18H,8-11,15H2,1-4H3,(H,24,25). The zero-order valence-electron chi connectivity index (χ0n) is 18.9. The van der Waals surface area contributed by atoms with Gasteiger partial charge in [0.05, 0.1) is 20.3 Å². The molecule has 0 aliphatic heterocycles. The van der Waals surface area contributed by atoms with E-state index in [0.29, 0.717) is 30.6 Å². The number of nitrogens with one attached hydrogen (secondary N) is 1. The maximum absolute atomic E-state index is 12.8. The van der Waals surface area contributed by atoms with E-state index >= 15 is 0 Å². The minimum atomic E-state index is -3.63. The molecule has 0 bridgehead atoms. The highest BCUT2D eigenvalue weighted by Gasteiger charge is 2.35. The van der Waals surface area contributed by atoms with Crippen LogP contribution >= 0.6 is 11.3 Å². The summed E-state index contributed by atoms with van der Waals surface area (Å²) in [5, 5.41) is 4.59. The monoisotopic (exact) mass is 497 g/mol. The second-order valence-corrected chi connectivity index (χ2v) is 15.1.